The minimum absolute atomic E-state index is 0.0911. The third-order valence-electron chi connectivity index (χ3n) is 3.25. The molecule has 2 nitrogen and oxygen atoms in total. The zero-order valence-electron chi connectivity index (χ0n) is 12.2. The summed E-state index contributed by atoms with van der Waals surface area (Å²) >= 11 is 5.14. The number of benzene rings is 1. The highest BCUT2D eigenvalue weighted by Gasteiger charge is 2.21. The quantitative estimate of drug-likeness (QED) is 0.743. The van der Waals surface area contributed by atoms with Gasteiger partial charge in [0.2, 0.25) is 0 Å². The van der Waals surface area contributed by atoms with E-state index in [1.807, 2.05) is 11.4 Å². The van der Waals surface area contributed by atoms with Gasteiger partial charge in [0.15, 0.2) is 0 Å². The number of nitrogens with one attached hydrogen (secondary N) is 1. The highest BCUT2D eigenvalue weighted by Crippen LogP contribution is 2.32. The Balaban J connectivity index is 2.31. The van der Waals surface area contributed by atoms with Gasteiger partial charge in [-0.3, -0.25) is 0 Å². The molecule has 2 rings (SSSR count). The van der Waals surface area contributed by atoms with E-state index >= 15 is 0 Å². The van der Waals surface area contributed by atoms with Crippen LogP contribution in [0.25, 0.3) is 0 Å². The van der Waals surface area contributed by atoms with Crippen molar-refractivity contribution in [1.29, 1.82) is 0 Å². The Morgan fingerprint density at radius 2 is 2.24 bits per heavy atom. The van der Waals surface area contributed by atoms with Gasteiger partial charge >= 0.3 is 0 Å². The van der Waals surface area contributed by atoms with Crippen LogP contribution in [0.1, 0.15) is 29.8 Å². The van der Waals surface area contributed by atoms with Crippen molar-refractivity contribution >= 4 is 27.3 Å². The summed E-state index contributed by atoms with van der Waals surface area (Å²) in [6.07, 6.45) is 1.75. The lowest BCUT2D eigenvalue weighted by molar-refractivity contribution is 0.389. The van der Waals surface area contributed by atoms with Gasteiger partial charge in [0.05, 0.1) is 7.11 Å². The lowest BCUT2D eigenvalue weighted by Gasteiger charge is -2.21. The molecule has 0 aliphatic carbocycles. The summed E-state index contributed by atoms with van der Waals surface area (Å²) in [5.41, 5.74) is 0.609. The van der Waals surface area contributed by atoms with Crippen LogP contribution in [-0.2, 0) is 6.42 Å². The molecule has 1 aromatic carbocycles. The molecule has 1 heterocycles. The number of halogens is 2. The number of hydrogen-bond acceptors (Lipinski definition) is 3. The summed E-state index contributed by atoms with van der Waals surface area (Å²) in [7, 11) is 1.58. The molecule has 2 aromatic rings. The van der Waals surface area contributed by atoms with Crippen molar-refractivity contribution in [3.8, 4) is 5.75 Å². The van der Waals surface area contributed by atoms with Crippen molar-refractivity contribution in [3.05, 3.63) is 50.4 Å². The van der Waals surface area contributed by atoms with Gasteiger partial charge in [0.1, 0.15) is 11.6 Å². The van der Waals surface area contributed by atoms with E-state index in [9.17, 15) is 4.39 Å². The van der Waals surface area contributed by atoms with E-state index in [0.717, 1.165) is 23.9 Å². The van der Waals surface area contributed by atoms with E-state index in [1.54, 1.807) is 24.5 Å². The lowest BCUT2D eigenvalue weighted by Crippen LogP contribution is -2.25. The molecule has 0 bridgehead atoms. The first-order chi connectivity index (χ1) is 10.2. The first-order valence-corrected chi connectivity index (χ1v) is 8.61. The third kappa shape index (κ3) is 4.28. The highest BCUT2D eigenvalue weighted by molar-refractivity contribution is 9.10. The molecule has 5 heteroatoms. The fourth-order valence-electron chi connectivity index (χ4n) is 2.29. The summed E-state index contributed by atoms with van der Waals surface area (Å²) in [5.74, 6) is 0.373. The average molecular weight is 372 g/mol. The third-order valence-corrected chi connectivity index (χ3v) is 4.97. The Morgan fingerprint density at radius 1 is 1.43 bits per heavy atom. The van der Waals surface area contributed by atoms with Crippen LogP contribution in [0.5, 0.6) is 5.75 Å². The Bertz CT molecular complexity index is 587. The molecule has 1 unspecified atom stereocenters. The topological polar surface area (TPSA) is 21.3 Å². The summed E-state index contributed by atoms with van der Waals surface area (Å²) in [6, 6.07) is 6.97. The van der Waals surface area contributed by atoms with E-state index in [2.05, 4.69) is 34.2 Å². The van der Waals surface area contributed by atoms with Crippen molar-refractivity contribution in [2.24, 2.45) is 0 Å². The molecule has 0 aliphatic heterocycles. The molecule has 0 radical (unpaired) electrons. The standard InChI is InChI=1S/C16H19BrFNOS/c1-3-7-19-14(9-12-8-11(17)10-21-12)16-13(18)5-4-6-15(16)20-2/h4-6,8,10,14,19H,3,7,9H2,1-2H3. The minimum Gasteiger partial charge on any atom is -0.496 e. The second-order valence-corrected chi connectivity index (χ2v) is 6.71. The Kier molecular flexibility index (Phi) is 6.21. The van der Waals surface area contributed by atoms with E-state index in [-0.39, 0.29) is 11.9 Å². The summed E-state index contributed by atoms with van der Waals surface area (Å²) in [5, 5.41) is 5.48. The van der Waals surface area contributed by atoms with Gasteiger partial charge in [-0.2, -0.15) is 0 Å². The molecule has 1 aromatic heterocycles. The van der Waals surface area contributed by atoms with Gasteiger partial charge in [-0.25, -0.2) is 4.39 Å². The number of ether oxygens (including phenoxy) is 1. The van der Waals surface area contributed by atoms with E-state index < -0.39 is 0 Å². The van der Waals surface area contributed by atoms with Crippen LogP contribution < -0.4 is 10.1 Å². The first-order valence-electron chi connectivity index (χ1n) is 6.94. The summed E-state index contributed by atoms with van der Waals surface area (Å²) < 4.78 is 20.7. The van der Waals surface area contributed by atoms with Gasteiger partial charge in [0.25, 0.3) is 0 Å². The molecule has 1 atom stereocenters. The van der Waals surface area contributed by atoms with Crippen molar-refractivity contribution in [2.75, 3.05) is 13.7 Å². The van der Waals surface area contributed by atoms with Crippen LogP contribution in [0.4, 0.5) is 4.39 Å². The maximum Gasteiger partial charge on any atom is 0.131 e. The maximum absolute atomic E-state index is 14.3. The molecule has 114 valence electrons. The Hall–Kier alpha value is -0.910. The van der Waals surface area contributed by atoms with Crippen molar-refractivity contribution in [1.82, 2.24) is 5.32 Å². The fraction of sp³-hybridized carbons (Fsp3) is 0.375. The number of rotatable bonds is 7. The predicted molar refractivity (Wildman–Crippen MR) is 89.7 cm³/mol. The van der Waals surface area contributed by atoms with Crippen LogP contribution in [-0.4, -0.2) is 13.7 Å². The molecule has 21 heavy (non-hydrogen) atoms. The highest BCUT2D eigenvalue weighted by atomic mass is 79.9. The van der Waals surface area contributed by atoms with Gasteiger partial charge in [-0.1, -0.05) is 13.0 Å². The van der Waals surface area contributed by atoms with Gasteiger partial charge in [-0.15, -0.1) is 11.3 Å². The molecular formula is C16H19BrFNOS. The largest absolute Gasteiger partial charge is 0.496 e. The van der Waals surface area contributed by atoms with Gasteiger partial charge < -0.3 is 10.1 Å². The Morgan fingerprint density at radius 3 is 2.86 bits per heavy atom. The minimum atomic E-state index is -0.224. The summed E-state index contributed by atoms with van der Waals surface area (Å²) in [4.78, 5) is 1.21. The van der Waals surface area contributed by atoms with Crippen molar-refractivity contribution in [3.63, 3.8) is 0 Å². The molecule has 1 N–H and O–H groups in total. The van der Waals surface area contributed by atoms with Crippen LogP contribution in [0, 0.1) is 5.82 Å². The van der Waals surface area contributed by atoms with Gasteiger partial charge in [0, 0.05) is 32.8 Å². The number of hydrogen-bond donors (Lipinski definition) is 1. The zero-order chi connectivity index (χ0) is 15.2. The Labute approximate surface area is 137 Å². The van der Waals surface area contributed by atoms with Crippen LogP contribution in [0.3, 0.4) is 0 Å². The maximum atomic E-state index is 14.3. The van der Waals surface area contributed by atoms with E-state index in [0.29, 0.717) is 11.3 Å². The predicted octanol–water partition coefficient (Wildman–Crippen LogP) is 4.94. The SMILES string of the molecule is CCCNC(Cc1cc(Br)cs1)c1c(F)cccc1OC. The number of methoxy groups -OCH3 is 1. The van der Waals surface area contributed by atoms with Crippen LogP contribution in [0.15, 0.2) is 34.1 Å². The van der Waals surface area contributed by atoms with Crippen LogP contribution in [0.2, 0.25) is 0 Å². The molecule has 0 amide bonds. The smallest absolute Gasteiger partial charge is 0.131 e. The number of thiophene rings is 1. The van der Waals surface area contributed by atoms with E-state index in [1.165, 1.54) is 10.9 Å². The molecule has 0 fully saturated rings. The lowest BCUT2D eigenvalue weighted by atomic mass is 10.0. The zero-order valence-corrected chi connectivity index (χ0v) is 14.6. The monoisotopic (exact) mass is 371 g/mol. The summed E-state index contributed by atoms with van der Waals surface area (Å²) in [6.45, 7) is 2.94. The van der Waals surface area contributed by atoms with Crippen molar-refractivity contribution < 1.29 is 9.13 Å². The van der Waals surface area contributed by atoms with Gasteiger partial charge in [-0.05, 0) is 47.1 Å². The first kappa shape index (κ1) is 16.5. The molecule has 0 saturated heterocycles. The van der Waals surface area contributed by atoms with E-state index in [4.69, 9.17) is 4.74 Å². The fourth-order valence-corrected chi connectivity index (χ4v) is 3.79. The average Bonchev–Trinajstić information content (AvgIpc) is 2.88. The molecule has 0 aliphatic rings. The second kappa shape index (κ2) is 7.92. The van der Waals surface area contributed by atoms with Crippen LogP contribution >= 0.6 is 27.3 Å². The normalized spacial score (nSPS) is 12.4. The molecule has 0 spiro atoms. The second-order valence-electron chi connectivity index (χ2n) is 4.80. The molecular weight excluding hydrogens is 353 g/mol. The molecule has 0 saturated carbocycles. The van der Waals surface area contributed by atoms with Crippen molar-refractivity contribution in [2.45, 2.75) is 25.8 Å².